The summed E-state index contributed by atoms with van der Waals surface area (Å²) in [5, 5.41) is 7.97. The number of piperidine rings is 1. The molecule has 1 saturated heterocycles. The van der Waals surface area contributed by atoms with Gasteiger partial charge in [-0.1, -0.05) is 18.5 Å². The number of carbonyl (C=O) groups excluding carboxylic acids is 1. The zero-order valence-electron chi connectivity index (χ0n) is 14.8. The monoisotopic (exact) mass is 360 g/mol. The van der Waals surface area contributed by atoms with Crippen molar-refractivity contribution in [3.8, 4) is 5.69 Å². The lowest BCUT2D eigenvalue weighted by atomic mass is 9.99. The molecule has 1 aromatic heterocycles. The number of carbonyl (C=O) groups is 1. The van der Waals surface area contributed by atoms with Gasteiger partial charge < -0.3 is 5.32 Å². The summed E-state index contributed by atoms with van der Waals surface area (Å²) in [6.07, 6.45) is 5.89. The van der Waals surface area contributed by atoms with Gasteiger partial charge in [0.05, 0.1) is 17.4 Å². The van der Waals surface area contributed by atoms with Crippen LogP contribution in [0.4, 0.5) is 0 Å². The van der Waals surface area contributed by atoms with Crippen LogP contribution in [0.3, 0.4) is 0 Å². The molecule has 2 aromatic rings. The second-order valence-electron chi connectivity index (χ2n) is 6.95. The van der Waals surface area contributed by atoms with Crippen molar-refractivity contribution >= 4 is 17.5 Å². The van der Waals surface area contributed by atoms with Crippen molar-refractivity contribution in [2.45, 2.75) is 32.7 Å². The molecule has 5 nitrogen and oxygen atoms in total. The van der Waals surface area contributed by atoms with Gasteiger partial charge in [0, 0.05) is 30.4 Å². The number of aromatic nitrogens is 2. The average Bonchev–Trinajstić information content (AvgIpc) is 3.10. The van der Waals surface area contributed by atoms with E-state index in [-0.39, 0.29) is 5.91 Å². The van der Waals surface area contributed by atoms with Gasteiger partial charge in [-0.2, -0.15) is 5.10 Å². The molecule has 3 rings (SSSR count). The molecule has 1 aliphatic heterocycles. The quantitative estimate of drug-likeness (QED) is 0.889. The smallest absolute Gasteiger partial charge is 0.254 e. The summed E-state index contributed by atoms with van der Waals surface area (Å²) in [5.41, 5.74) is 1.44. The largest absolute Gasteiger partial charge is 0.350 e. The van der Waals surface area contributed by atoms with E-state index < -0.39 is 0 Å². The fourth-order valence-electron chi connectivity index (χ4n) is 3.27. The first kappa shape index (κ1) is 18.0. The Morgan fingerprint density at radius 1 is 1.40 bits per heavy atom. The summed E-state index contributed by atoms with van der Waals surface area (Å²) >= 11 is 5.90. The predicted octanol–water partition coefficient (Wildman–Crippen LogP) is 3.38. The first-order valence-electron chi connectivity index (χ1n) is 8.86. The molecule has 2 unspecified atom stereocenters. The minimum Gasteiger partial charge on any atom is -0.350 e. The highest BCUT2D eigenvalue weighted by Crippen LogP contribution is 2.17. The van der Waals surface area contributed by atoms with Crippen LogP contribution in [0.15, 0.2) is 36.7 Å². The number of nitrogens with one attached hydrogen (secondary N) is 1. The molecule has 25 heavy (non-hydrogen) atoms. The topological polar surface area (TPSA) is 50.2 Å². The van der Waals surface area contributed by atoms with Crippen molar-refractivity contribution in [2.24, 2.45) is 5.92 Å². The molecule has 0 spiro atoms. The Balaban J connectivity index is 1.55. The third kappa shape index (κ3) is 4.61. The minimum atomic E-state index is -0.0860. The Kier molecular flexibility index (Phi) is 5.76. The zero-order valence-corrected chi connectivity index (χ0v) is 15.5. The van der Waals surface area contributed by atoms with E-state index >= 15 is 0 Å². The van der Waals surface area contributed by atoms with Gasteiger partial charge in [0.15, 0.2) is 0 Å². The summed E-state index contributed by atoms with van der Waals surface area (Å²) < 4.78 is 1.68. The van der Waals surface area contributed by atoms with Crippen LogP contribution >= 0.6 is 11.6 Å². The van der Waals surface area contributed by atoms with Crippen molar-refractivity contribution in [1.82, 2.24) is 20.0 Å². The van der Waals surface area contributed by atoms with Crippen LogP contribution in [0.1, 0.15) is 37.0 Å². The molecular weight excluding hydrogens is 336 g/mol. The van der Waals surface area contributed by atoms with E-state index in [4.69, 9.17) is 11.6 Å². The average molecular weight is 361 g/mol. The Bertz CT molecular complexity index is 712. The molecule has 2 heterocycles. The maximum atomic E-state index is 12.4. The van der Waals surface area contributed by atoms with Gasteiger partial charge in [-0.3, -0.25) is 9.69 Å². The Morgan fingerprint density at radius 2 is 2.16 bits per heavy atom. The SMILES string of the molecule is CC1CCCN(C(C)CNC(=O)c2cnn(-c3ccc(Cl)cc3)c2)C1. The summed E-state index contributed by atoms with van der Waals surface area (Å²) in [4.78, 5) is 14.9. The Hall–Kier alpha value is -1.85. The summed E-state index contributed by atoms with van der Waals surface area (Å²) in [6, 6.07) is 7.70. The standard InChI is InChI=1S/C19H25ClN4O/c1-14-4-3-9-23(12-14)15(2)10-21-19(25)16-11-22-24(13-16)18-7-5-17(20)6-8-18/h5-8,11,13-15H,3-4,9-10,12H2,1-2H3,(H,21,25). The zero-order chi connectivity index (χ0) is 17.8. The predicted molar refractivity (Wildman–Crippen MR) is 100 cm³/mol. The van der Waals surface area contributed by atoms with Gasteiger partial charge in [0.25, 0.3) is 5.91 Å². The minimum absolute atomic E-state index is 0.0860. The number of hydrogen-bond donors (Lipinski definition) is 1. The highest BCUT2D eigenvalue weighted by Gasteiger charge is 2.21. The maximum Gasteiger partial charge on any atom is 0.254 e. The second kappa shape index (κ2) is 8.02. The fourth-order valence-corrected chi connectivity index (χ4v) is 3.40. The van der Waals surface area contributed by atoms with Crippen molar-refractivity contribution in [3.63, 3.8) is 0 Å². The number of hydrogen-bond acceptors (Lipinski definition) is 3. The first-order valence-corrected chi connectivity index (χ1v) is 9.23. The van der Waals surface area contributed by atoms with Gasteiger partial charge >= 0.3 is 0 Å². The molecule has 1 aromatic carbocycles. The highest BCUT2D eigenvalue weighted by atomic mass is 35.5. The number of halogens is 1. The molecule has 1 N–H and O–H groups in total. The van der Waals surface area contributed by atoms with Crippen molar-refractivity contribution in [3.05, 3.63) is 47.2 Å². The van der Waals surface area contributed by atoms with E-state index in [1.807, 2.05) is 12.1 Å². The third-order valence-electron chi connectivity index (χ3n) is 4.81. The van der Waals surface area contributed by atoms with Crippen molar-refractivity contribution < 1.29 is 4.79 Å². The van der Waals surface area contributed by atoms with Crippen LogP contribution < -0.4 is 5.32 Å². The van der Waals surface area contributed by atoms with Gasteiger partial charge in [-0.15, -0.1) is 0 Å². The molecule has 6 heteroatoms. The lowest BCUT2D eigenvalue weighted by Crippen LogP contribution is -2.46. The molecule has 1 fully saturated rings. The van der Waals surface area contributed by atoms with Crippen molar-refractivity contribution in [1.29, 1.82) is 0 Å². The van der Waals surface area contributed by atoms with Gasteiger partial charge in [-0.25, -0.2) is 4.68 Å². The number of rotatable bonds is 5. The highest BCUT2D eigenvalue weighted by molar-refractivity contribution is 6.30. The lowest BCUT2D eigenvalue weighted by Gasteiger charge is -2.35. The van der Waals surface area contributed by atoms with Crippen molar-refractivity contribution in [2.75, 3.05) is 19.6 Å². The van der Waals surface area contributed by atoms with E-state index in [2.05, 4.69) is 29.2 Å². The molecule has 0 saturated carbocycles. The molecule has 0 bridgehead atoms. The number of amides is 1. The molecule has 1 amide bonds. The van der Waals surface area contributed by atoms with Gasteiger partial charge in [-0.05, 0) is 56.5 Å². The van der Waals surface area contributed by atoms with E-state index in [0.717, 1.165) is 24.7 Å². The summed E-state index contributed by atoms with van der Waals surface area (Å²) in [7, 11) is 0. The second-order valence-corrected chi connectivity index (χ2v) is 7.39. The Labute approximate surface area is 154 Å². The number of likely N-dealkylation sites (tertiary alicyclic amines) is 1. The summed E-state index contributed by atoms with van der Waals surface area (Å²) in [5.74, 6) is 0.654. The maximum absolute atomic E-state index is 12.4. The normalized spacial score (nSPS) is 19.6. The van der Waals surface area contributed by atoms with Crippen LogP contribution in [0.5, 0.6) is 0 Å². The van der Waals surface area contributed by atoms with Crippen LogP contribution in [0, 0.1) is 5.92 Å². The molecule has 0 aliphatic carbocycles. The van der Waals surface area contributed by atoms with E-state index in [9.17, 15) is 4.79 Å². The van der Waals surface area contributed by atoms with Crippen LogP contribution in [0.25, 0.3) is 5.69 Å². The van der Waals surface area contributed by atoms with Crippen LogP contribution in [-0.2, 0) is 0 Å². The number of nitrogens with zero attached hydrogens (tertiary/aromatic N) is 3. The molecule has 134 valence electrons. The summed E-state index contributed by atoms with van der Waals surface area (Å²) in [6.45, 7) is 7.36. The number of benzene rings is 1. The van der Waals surface area contributed by atoms with E-state index in [1.165, 1.54) is 12.8 Å². The van der Waals surface area contributed by atoms with Gasteiger partial charge in [0.2, 0.25) is 0 Å². The van der Waals surface area contributed by atoms with E-state index in [1.54, 1.807) is 29.2 Å². The third-order valence-corrected chi connectivity index (χ3v) is 5.06. The first-order chi connectivity index (χ1) is 12.0. The van der Waals surface area contributed by atoms with E-state index in [0.29, 0.717) is 23.2 Å². The van der Waals surface area contributed by atoms with Gasteiger partial charge in [0.1, 0.15) is 0 Å². The molecule has 1 aliphatic rings. The lowest BCUT2D eigenvalue weighted by molar-refractivity contribution is 0.0917. The van der Waals surface area contributed by atoms with Crippen LogP contribution in [0.2, 0.25) is 5.02 Å². The molecule has 0 radical (unpaired) electrons. The fraction of sp³-hybridized carbons (Fsp3) is 0.474. The molecular formula is C19H25ClN4O. The molecule has 2 atom stereocenters. The Morgan fingerprint density at radius 3 is 2.88 bits per heavy atom. The van der Waals surface area contributed by atoms with Crippen LogP contribution in [-0.4, -0.2) is 46.3 Å².